The average molecular weight is 377 g/mol. The zero-order valence-corrected chi connectivity index (χ0v) is 15.8. The van der Waals surface area contributed by atoms with Gasteiger partial charge in [-0.2, -0.15) is 0 Å². The Morgan fingerprint density at radius 1 is 0.964 bits per heavy atom. The van der Waals surface area contributed by atoms with Gasteiger partial charge in [0.15, 0.2) is 12.4 Å². The molecule has 3 atom stereocenters. The Morgan fingerprint density at radius 3 is 2.43 bits per heavy atom. The maximum Gasteiger partial charge on any atom is 0.237 e. The molecule has 144 valence electrons. The molecular weight excluding hydrogens is 354 g/mol. The molecular formula is C23H23NO4. The van der Waals surface area contributed by atoms with Crippen molar-refractivity contribution in [1.82, 2.24) is 0 Å². The Labute approximate surface area is 164 Å². The molecule has 2 aromatic carbocycles. The molecule has 2 aromatic rings. The minimum absolute atomic E-state index is 0.146. The van der Waals surface area contributed by atoms with Crippen LogP contribution in [0, 0.1) is 17.8 Å². The van der Waals surface area contributed by atoms with Crippen LogP contribution in [0.1, 0.15) is 36.5 Å². The van der Waals surface area contributed by atoms with Crippen LogP contribution in [-0.2, 0) is 9.59 Å². The third kappa shape index (κ3) is 3.33. The van der Waals surface area contributed by atoms with Crippen molar-refractivity contribution in [3.8, 4) is 5.75 Å². The highest BCUT2D eigenvalue weighted by atomic mass is 16.5. The van der Waals surface area contributed by atoms with E-state index in [0.717, 1.165) is 19.3 Å². The predicted octanol–water partition coefficient (Wildman–Crippen LogP) is 3.87. The van der Waals surface area contributed by atoms with Gasteiger partial charge in [-0.1, -0.05) is 49.4 Å². The fourth-order valence-corrected chi connectivity index (χ4v) is 4.24. The first kappa shape index (κ1) is 18.4. The van der Waals surface area contributed by atoms with Gasteiger partial charge < -0.3 is 4.74 Å². The minimum Gasteiger partial charge on any atom is -0.483 e. The molecule has 0 N–H and O–H groups in total. The van der Waals surface area contributed by atoms with E-state index < -0.39 is 0 Å². The predicted molar refractivity (Wildman–Crippen MR) is 105 cm³/mol. The largest absolute Gasteiger partial charge is 0.483 e. The van der Waals surface area contributed by atoms with Crippen LogP contribution in [0.25, 0.3) is 0 Å². The third-order valence-corrected chi connectivity index (χ3v) is 5.75. The van der Waals surface area contributed by atoms with Crippen LogP contribution in [-0.4, -0.2) is 24.2 Å². The van der Waals surface area contributed by atoms with E-state index in [2.05, 4.69) is 6.92 Å². The number of Topliss-reactive ketones (excluding diaryl/α,β-unsaturated/α-hetero) is 1. The van der Waals surface area contributed by atoms with Crippen LogP contribution in [0.15, 0.2) is 54.6 Å². The van der Waals surface area contributed by atoms with Gasteiger partial charge >= 0.3 is 0 Å². The monoisotopic (exact) mass is 377 g/mol. The number of hydrogen-bond donors (Lipinski definition) is 0. The summed E-state index contributed by atoms with van der Waals surface area (Å²) in [5.41, 5.74) is 0.994. The highest BCUT2D eigenvalue weighted by Crippen LogP contribution is 2.44. The number of anilines is 1. The van der Waals surface area contributed by atoms with Crippen molar-refractivity contribution in [3.05, 3.63) is 60.2 Å². The van der Waals surface area contributed by atoms with E-state index in [-0.39, 0.29) is 36.0 Å². The summed E-state index contributed by atoms with van der Waals surface area (Å²) in [6, 6.07) is 15.8. The first-order valence-electron chi connectivity index (χ1n) is 9.74. The molecule has 4 rings (SSSR count). The topological polar surface area (TPSA) is 63.7 Å². The van der Waals surface area contributed by atoms with Crippen molar-refractivity contribution in [2.75, 3.05) is 11.5 Å². The SMILES string of the molecule is C[C@@H]1CC[C@H]2C(=O)N(c3ccccc3OCC(=O)c3ccccc3)C(=O)[C@@H]2C1. The second kappa shape index (κ2) is 7.58. The van der Waals surface area contributed by atoms with Gasteiger partial charge in [-0.25, -0.2) is 4.90 Å². The van der Waals surface area contributed by atoms with E-state index in [9.17, 15) is 14.4 Å². The average Bonchev–Trinajstić information content (AvgIpc) is 2.96. The van der Waals surface area contributed by atoms with Gasteiger partial charge in [0.1, 0.15) is 5.75 Å². The second-order valence-corrected chi connectivity index (χ2v) is 7.69. The molecule has 2 aliphatic rings. The molecule has 1 saturated carbocycles. The van der Waals surface area contributed by atoms with Crippen molar-refractivity contribution < 1.29 is 19.1 Å². The first-order chi connectivity index (χ1) is 13.6. The van der Waals surface area contributed by atoms with Gasteiger partial charge in [0.25, 0.3) is 0 Å². The Morgan fingerprint density at radius 2 is 1.64 bits per heavy atom. The standard InChI is InChI=1S/C23H23NO4/c1-15-11-12-17-18(13-15)23(27)24(22(17)26)19-9-5-6-10-21(19)28-14-20(25)16-7-3-2-4-8-16/h2-10,15,17-18H,11-14H2,1H3/t15-,17-,18-/m1/s1. The Balaban J connectivity index is 1.55. The molecule has 0 radical (unpaired) electrons. The van der Waals surface area contributed by atoms with Crippen molar-refractivity contribution >= 4 is 23.3 Å². The van der Waals surface area contributed by atoms with E-state index in [1.165, 1.54) is 4.90 Å². The van der Waals surface area contributed by atoms with Gasteiger partial charge in [-0.15, -0.1) is 0 Å². The summed E-state index contributed by atoms with van der Waals surface area (Å²) in [6.07, 6.45) is 2.47. The lowest BCUT2D eigenvalue weighted by Crippen LogP contribution is -2.31. The molecule has 2 amide bonds. The van der Waals surface area contributed by atoms with Crippen LogP contribution < -0.4 is 9.64 Å². The zero-order chi connectivity index (χ0) is 19.7. The number of benzene rings is 2. The smallest absolute Gasteiger partial charge is 0.237 e. The van der Waals surface area contributed by atoms with Crippen LogP contribution in [0.5, 0.6) is 5.75 Å². The highest BCUT2D eigenvalue weighted by molar-refractivity contribution is 6.22. The highest BCUT2D eigenvalue weighted by Gasteiger charge is 2.50. The molecule has 1 heterocycles. The first-order valence-corrected chi connectivity index (χ1v) is 9.74. The van der Waals surface area contributed by atoms with Crippen LogP contribution in [0.4, 0.5) is 5.69 Å². The molecule has 0 spiro atoms. The molecule has 28 heavy (non-hydrogen) atoms. The van der Waals surface area contributed by atoms with Gasteiger partial charge in [-0.05, 0) is 37.3 Å². The Hall–Kier alpha value is -2.95. The summed E-state index contributed by atoms with van der Waals surface area (Å²) in [5, 5.41) is 0. The normalized spacial score (nSPS) is 24.2. The number of ether oxygens (including phenoxy) is 1. The lowest BCUT2D eigenvalue weighted by Gasteiger charge is -2.25. The molecule has 0 aromatic heterocycles. The number of imide groups is 1. The van der Waals surface area contributed by atoms with Crippen molar-refractivity contribution in [2.24, 2.45) is 17.8 Å². The van der Waals surface area contributed by atoms with Gasteiger partial charge in [-0.3, -0.25) is 14.4 Å². The van der Waals surface area contributed by atoms with E-state index in [4.69, 9.17) is 4.74 Å². The number of rotatable bonds is 5. The minimum atomic E-state index is -0.241. The summed E-state index contributed by atoms with van der Waals surface area (Å²) in [6.45, 7) is 1.98. The molecule has 0 bridgehead atoms. The number of carbonyl (C=O) groups excluding carboxylic acids is 3. The fourth-order valence-electron chi connectivity index (χ4n) is 4.24. The Bertz CT molecular complexity index is 908. The molecule has 5 heteroatoms. The summed E-state index contributed by atoms with van der Waals surface area (Å²) in [7, 11) is 0. The van der Waals surface area contributed by atoms with Gasteiger partial charge in [0.05, 0.1) is 17.5 Å². The number of carbonyl (C=O) groups is 3. The molecule has 2 fully saturated rings. The number of ketones is 1. The number of fused-ring (bicyclic) bond motifs is 1. The van der Waals surface area contributed by atoms with Gasteiger partial charge in [0, 0.05) is 5.56 Å². The fraction of sp³-hybridized carbons (Fsp3) is 0.348. The van der Waals surface area contributed by atoms with Crippen molar-refractivity contribution in [1.29, 1.82) is 0 Å². The lowest BCUT2D eigenvalue weighted by atomic mass is 9.76. The van der Waals surface area contributed by atoms with E-state index in [0.29, 0.717) is 22.9 Å². The summed E-state index contributed by atoms with van der Waals surface area (Å²) in [5.74, 6) is -0.0950. The van der Waals surface area contributed by atoms with Crippen LogP contribution >= 0.6 is 0 Å². The van der Waals surface area contributed by atoms with E-state index in [1.54, 1.807) is 48.5 Å². The number of para-hydroxylation sites is 2. The van der Waals surface area contributed by atoms with Gasteiger partial charge in [0.2, 0.25) is 11.8 Å². The summed E-state index contributed by atoms with van der Waals surface area (Å²) < 4.78 is 5.74. The lowest BCUT2D eigenvalue weighted by molar-refractivity contribution is -0.122. The number of hydrogen-bond acceptors (Lipinski definition) is 4. The maximum absolute atomic E-state index is 13.0. The Kier molecular flexibility index (Phi) is 4.99. The quantitative estimate of drug-likeness (QED) is 0.586. The number of amides is 2. The maximum atomic E-state index is 13.0. The number of nitrogens with zero attached hydrogens (tertiary/aromatic N) is 1. The summed E-state index contributed by atoms with van der Waals surface area (Å²) in [4.78, 5) is 39.6. The van der Waals surface area contributed by atoms with Crippen molar-refractivity contribution in [2.45, 2.75) is 26.2 Å². The van der Waals surface area contributed by atoms with Crippen LogP contribution in [0.3, 0.4) is 0 Å². The van der Waals surface area contributed by atoms with E-state index >= 15 is 0 Å². The molecule has 5 nitrogen and oxygen atoms in total. The van der Waals surface area contributed by atoms with Crippen molar-refractivity contribution in [3.63, 3.8) is 0 Å². The van der Waals surface area contributed by atoms with Crippen LogP contribution in [0.2, 0.25) is 0 Å². The van der Waals surface area contributed by atoms with E-state index in [1.807, 2.05) is 6.07 Å². The third-order valence-electron chi connectivity index (χ3n) is 5.75. The second-order valence-electron chi connectivity index (χ2n) is 7.69. The zero-order valence-electron chi connectivity index (χ0n) is 15.8. The molecule has 1 aliphatic carbocycles. The molecule has 0 unspecified atom stereocenters. The molecule has 1 saturated heterocycles. The summed E-state index contributed by atoms with van der Waals surface area (Å²) >= 11 is 0. The molecule has 1 aliphatic heterocycles.